The summed E-state index contributed by atoms with van der Waals surface area (Å²) >= 11 is 0. The van der Waals surface area contributed by atoms with Gasteiger partial charge in [0.05, 0.1) is 12.2 Å². The number of fused-ring (bicyclic) bond motifs is 1. The zero-order valence-corrected chi connectivity index (χ0v) is 16.5. The smallest absolute Gasteiger partial charge is 0.270 e. The highest BCUT2D eigenvalue weighted by Crippen LogP contribution is 2.18. The maximum absolute atomic E-state index is 13.5. The summed E-state index contributed by atoms with van der Waals surface area (Å²) in [7, 11) is 0. The highest BCUT2D eigenvalue weighted by atomic mass is 16.2. The van der Waals surface area contributed by atoms with Crippen molar-refractivity contribution in [2.24, 2.45) is 0 Å². The van der Waals surface area contributed by atoms with Crippen LogP contribution < -0.4 is 10.9 Å². The van der Waals surface area contributed by atoms with E-state index in [1.165, 1.54) is 10.6 Å². The van der Waals surface area contributed by atoms with Crippen molar-refractivity contribution in [1.82, 2.24) is 24.6 Å². The second-order valence-corrected chi connectivity index (χ2v) is 7.50. The summed E-state index contributed by atoms with van der Waals surface area (Å²) in [5, 5.41) is 3.38. The van der Waals surface area contributed by atoms with Crippen LogP contribution in [0.5, 0.6) is 0 Å². The Bertz CT molecular complexity index is 1060. The van der Waals surface area contributed by atoms with E-state index in [2.05, 4.69) is 15.3 Å². The molecule has 7 heteroatoms. The molecule has 1 saturated heterocycles. The Morgan fingerprint density at radius 2 is 2.14 bits per heavy atom. The van der Waals surface area contributed by atoms with Gasteiger partial charge in [0.15, 0.2) is 0 Å². The monoisotopic (exact) mass is 391 g/mol. The van der Waals surface area contributed by atoms with Crippen LogP contribution in [0.2, 0.25) is 0 Å². The van der Waals surface area contributed by atoms with E-state index >= 15 is 0 Å². The number of aryl methyl sites for hydroxylation is 1. The molecule has 1 unspecified atom stereocenters. The van der Waals surface area contributed by atoms with Gasteiger partial charge in [0.25, 0.3) is 11.5 Å². The van der Waals surface area contributed by atoms with Crippen LogP contribution in [-0.4, -0.2) is 44.3 Å². The predicted octanol–water partition coefficient (Wildman–Crippen LogP) is 2.18. The summed E-state index contributed by atoms with van der Waals surface area (Å²) in [6.45, 7) is 4.12. The lowest BCUT2D eigenvalue weighted by Gasteiger charge is -2.30. The molecule has 150 valence electrons. The Hall–Kier alpha value is -3.06. The number of nitrogens with one attached hydrogen (secondary N) is 1. The average molecular weight is 391 g/mol. The molecule has 0 aliphatic carbocycles. The van der Waals surface area contributed by atoms with Crippen LogP contribution in [-0.2, 0) is 6.54 Å². The van der Waals surface area contributed by atoms with Crippen LogP contribution in [0.3, 0.4) is 0 Å². The van der Waals surface area contributed by atoms with Gasteiger partial charge < -0.3 is 10.2 Å². The van der Waals surface area contributed by atoms with Crippen molar-refractivity contribution in [3.05, 3.63) is 76.1 Å². The minimum atomic E-state index is -0.335. The van der Waals surface area contributed by atoms with E-state index in [1.54, 1.807) is 17.3 Å². The number of carbonyl (C=O) groups excluding carboxylic acids is 1. The van der Waals surface area contributed by atoms with Crippen LogP contribution in [0.15, 0.2) is 53.7 Å². The second kappa shape index (κ2) is 8.53. The lowest BCUT2D eigenvalue weighted by Crippen LogP contribution is -2.43. The van der Waals surface area contributed by atoms with Gasteiger partial charge in [-0.15, -0.1) is 0 Å². The van der Waals surface area contributed by atoms with Crippen LogP contribution >= 0.6 is 0 Å². The molecule has 1 N–H and O–H groups in total. The molecule has 1 atom stereocenters. The van der Waals surface area contributed by atoms with Crippen molar-refractivity contribution in [1.29, 1.82) is 0 Å². The first-order valence-electron chi connectivity index (χ1n) is 10.0. The third-order valence-electron chi connectivity index (χ3n) is 5.40. The first kappa shape index (κ1) is 19.3. The Balaban J connectivity index is 1.72. The molecular weight excluding hydrogens is 366 g/mol. The van der Waals surface area contributed by atoms with E-state index in [-0.39, 0.29) is 23.1 Å². The van der Waals surface area contributed by atoms with Gasteiger partial charge in [-0.25, -0.2) is 4.98 Å². The maximum Gasteiger partial charge on any atom is 0.270 e. The molecule has 0 aromatic carbocycles. The molecule has 0 bridgehead atoms. The highest BCUT2D eigenvalue weighted by molar-refractivity contribution is 5.94. The SMILES string of the molecule is Cc1ccn2c(=O)c(C(=O)N(Cc3ccccn3)C3CCCNCC3)cnc2c1. The van der Waals surface area contributed by atoms with E-state index in [0.29, 0.717) is 12.2 Å². The Morgan fingerprint density at radius 3 is 2.97 bits per heavy atom. The maximum atomic E-state index is 13.5. The van der Waals surface area contributed by atoms with Crippen molar-refractivity contribution in [2.45, 2.75) is 38.8 Å². The zero-order valence-electron chi connectivity index (χ0n) is 16.5. The third-order valence-corrected chi connectivity index (χ3v) is 5.40. The van der Waals surface area contributed by atoms with Crippen LogP contribution in [0.4, 0.5) is 0 Å². The number of hydrogen-bond donors (Lipinski definition) is 1. The Kier molecular flexibility index (Phi) is 5.67. The topological polar surface area (TPSA) is 79.6 Å². The van der Waals surface area contributed by atoms with E-state index in [1.807, 2.05) is 37.3 Å². The largest absolute Gasteiger partial charge is 0.329 e. The lowest BCUT2D eigenvalue weighted by molar-refractivity contribution is 0.0640. The van der Waals surface area contributed by atoms with Gasteiger partial charge in [0.2, 0.25) is 0 Å². The van der Waals surface area contributed by atoms with Gasteiger partial charge >= 0.3 is 0 Å². The summed E-state index contributed by atoms with van der Waals surface area (Å²) < 4.78 is 1.44. The van der Waals surface area contributed by atoms with E-state index < -0.39 is 0 Å². The Morgan fingerprint density at radius 1 is 1.24 bits per heavy atom. The lowest BCUT2D eigenvalue weighted by atomic mass is 10.1. The highest BCUT2D eigenvalue weighted by Gasteiger charge is 2.28. The molecule has 29 heavy (non-hydrogen) atoms. The molecule has 0 saturated carbocycles. The summed E-state index contributed by atoms with van der Waals surface area (Å²) in [6, 6.07) is 9.40. The third kappa shape index (κ3) is 4.19. The fraction of sp³-hybridized carbons (Fsp3) is 0.364. The standard InChI is InChI=1S/C22H25N5O2/c1-16-8-12-26-20(13-16)25-14-19(21(26)28)22(29)27(15-17-5-2-3-10-24-17)18-6-4-9-23-11-7-18/h2-3,5,8,10,12-14,18,23H,4,6-7,9,11,15H2,1H3. The van der Waals surface area contributed by atoms with Crippen LogP contribution in [0, 0.1) is 6.92 Å². The number of amides is 1. The molecule has 1 fully saturated rings. The molecule has 4 rings (SSSR count). The molecule has 3 aromatic rings. The van der Waals surface area contributed by atoms with E-state index in [9.17, 15) is 9.59 Å². The number of rotatable bonds is 4. The molecule has 0 radical (unpaired) electrons. The molecule has 1 amide bonds. The van der Waals surface area contributed by atoms with Gasteiger partial charge in [-0.3, -0.25) is 19.0 Å². The van der Waals surface area contributed by atoms with Crippen LogP contribution in [0.1, 0.15) is 40.9 Å². The summed E-state index contributed by atoms with van der Waals surface area (Å²) in [5.41, 5.74) is 2.12. The van der Waals surface area contributed by atoms with Gasteiger partial charge in [-0.2, -0.15) is 0 Å². The van der Waals surface area contributed by atoms with Gasteiger partial charge in [-0.05, 0) is 69.1 Å². The predicted molar refractivity (Wildman–Crippen MR) is 111 cm³/mol. The minimum Gasteiger partial charge on any atom is -0.329 e. The molecule has 0 spiro atoms. The Labute approximate surface area is 169 Å². The summed E-state index contributed by atoms with van der Waals surface area (Å²) in [6.07, 6.45) is 7.55. The molecule has 4 heterocycles. The second-order valence-electron chi connectivity index (χ2n) is 7.50. The van der Waals surface area contributed by atoms with Crippen molar-refractivity contribution >= 4 is 11.6 Å². The van der Waals surface area contributed by atoms with Crippen molar-refractivity contribution in [3.63, 3.8) is 0 Å². The summed E-state index contributed by atoms with van der Waals surface area (Å²) in [4.78, 5) is 37.1. The van der Waals surface area contributed by atoms with Gasteiger partial charge in [-0.1, -0.05) is 6.07 Å². The first-order chi connectivity index (χ1) is 14.1. The quantitative estimate of drug-likeness (QED) is 0.737. The molecule has 7 nitrogen and oxygen atoms in total. The first-order valence-corrected chi connectivity index (χ1v) is 10.0. The average Bonchev–Trinajstić information content (AvgIpc) is 3.02. The number of aromatic nitrogens is 3. The number of hydrogen-bond acceptors (Lipinski definition) is 5. The van der Waals surface area contributed by atoms with Crippen molar-refractivity contribution in [3.8, 4) is 0 Å². The van der Waals surface area contributed by atoms with Gasteiger partial charge in [0.1, 0.15) is 11.2 Å². The fourth-order valence-corrected chi connectivity index (χ4v) is 3.82. The van der Waals surface area contributed by atoms with Crippen molar-refractivity contribution in [2.75, 3.05) is 13.1 Å². The van der Waals surface area contributed by atoms with Crippen molar-refractivity contribution < 1.29 is 4.79 Å². The fourth-order valence-electron chi connectivity index (χ4n) is 3.82. The zero-order chi connectivity index (χ0) is 20.2. The number of pyridine rings is 2. The van der Waals surface area contributed by atoms with E-state index in [4.69, 9.17) is 0 Å². The minimum absolute atomic E-state index is 0.0534. The van der Waals surface area contributed by atoms with Crippen LogP contribution in [0.25, 0.3) is 5.65 Å². The number of nitrogens with zero attached hydrogens (tertiary/aromatic N) is 4. The summed E-state index contributed by atoms with van der Waals surface area (Å²) in [5.74, 6) is -0.282. The normalized spacial score (nSPS) is 17.1. The molecular formula is C22H25N5O2. The molecule has 1 aliphatic rings. The number of carbonyl (C=O) groups is 1. The molecule has 3 aromatic heterocycles. The van der Waals surface area contributed by atoms with E-state index in [0.717, 1.165) is 43.6 Å². The van der Waals surface area contributed by atoms with Gasteiger partial charge in [0, 0.05) is 24.6 Å². The molecule has 1 aliphatic heterocycles.